The van der Waals surface area contributed by atoms with Gasteiger partial charge in [-0.3, -0.25) is 15.4 Å². The van der Waals surface area contributed by atoms with Crippen LogP contribution in [0.3, 0.4) is 0 Å². The van der Waals surface area contributed by atoms with Gasteiger partial charge in [0.15, 0.2) is 5.84 Å². The minimum atomic E-state index is 0.0584. The summed E-state index contributed by atoms with van der Waals surface area (Å²) >= 11 is 0. The summed E-state index contributed by atoms with van der Waals surface area (Å²) in [5, 5.41) is 18.0. The highest BCUT2D eigenvalue weighted by atomic mass is 16.4. The number of oxime groups is 1. The minimum Gasteiger partial charge on any atom is -0.409 e. The summed E-state index contributed by atoms with van der Waals surface area (Å²) in [7, 11) is 0. The molecular weight excluding hydrogens is 244 g/mol. The van der Waals surface area contributed by atoms with E-state index in [0.29, 0.717) is 11.1 Å². The molecule has 2 aromatic rings. The Kier molecular flexibility index (Phi) is 5.48. The van der Waals surface area contributed by atoms with E-state index in [2.05, 4.69) is 15.1 Å². The van der Waals surface area contributed by atoms with Crippen LogP contribution < -0.4 is 11.5 Å². The fourth-order valence-electron chi connectivity index (χ4n) is 1.09. The van der Waals surface area contributed by atoms with E-state index in [1.54, 1.807) is 42.9 Å². The summed E-state index contributed by atoms with van der Waals surface area (Å²) in [5.41, 5.74) is 11.7. The molecule has 0 aliphatic carbocycles. The van der Waals surface area contributed by atoms with Gasteiger partial charge in [-0.1, -0.05) is 5.16 Å². The maximum absolute atomic E-state index is 8.22. The molecule has 0 radical (unpaired) electrons. The monoisotopic (exact) mass is 258 g/mol. The van der Waals surface area contributed by atoms with Crippen molar-refractivity contribution in [2.75, 3.05) is 0 Å². The lowest BCUT2D eigenvalue weighted by Gasteiger charge is -1.93. The Morgan fingerprint density at radius 1 is 1.05 bits per heavy atom. The predicted octanol–water partition coefficient (Wildman–Crippen LogP) is 0.542. The van der Waals surface area contributed by atoms with Crippen LogP contribution in [0.25, 0.3) is 0 Å². The summed E-state index contributed by atoms with van der Waals surface area (Å²) in [6.45, 7) is 0. The number of pyridine rings is 2. The van der Waals surface area contributed by atoms with Crippen molar-refractivity contribution < 1.29 is 5.21 Å². The second-order valence-corrected chi connectivity index (χ2v) is 3.38. The molecule has 0 spiro atoms. The van der Waals surface area contributed by atoms with Crippen LogP contribution in [0.15, 0.2) is 54.2 Å². The zero-order valence-electron chi connectivity index (χ0n) is 10.1. The van der Waals surface area contributed by atoms with Crippen LogP contribution in [-0.2, 0) is 0 Å². The molecule has 0 aromatic carbocycles. The number of nitrogens with zero attached hydrogens (tertiary/aromatic N) is 3. The van der Waals surface area contributed by atoms with Crippen molar-refractivity contribution in [3.8, 4) is 0 Å². The highest BCUT2D eigenvalue weighted by molar-refractivity contribution is 5.96. The van der Waals surface area contributed by atoms with Crippen LogP contribution >= 0.6 is 0 Å². The van der Waals surface area contributed by atoms with Crippen LogP contribution in [0.4, 0.5) is 0 Å². The van der Waals surface area contributed by atoms with Crippen LogP contribution in [-0.4, -0.2) is 26.8 Å². The molecule has 2 aromatic heterocycles. The molecule has 0 bridgehead atoms. The molecule has 2 heterocycles. The van der Waals surface area contributed by atoms with E-state index < -0.39 is 0 Å². The highest BCUT2D eigenvalue weighted by Gasteiger charge is 1.94. The van der Waals surface area contributed by atoms with E-state index in [9.17, 15) is 0 Å². The lowest BCUT2D eigenvalue weighted by atomic mass is 10.3. The normalized spacial score (nSPS) is 10.2. The maximum Gasteiger partial charge on any atom is 0.171 e. The zero-order chi connectivity index (χ0) is 14.1. The molecule has 0 atom stereocenters. The van der Waals surface area contributed by atoms with Crippen LogP contribution in [0.2, 0.25) is 0 Å². The largest absolute Gasteiger partial charge is 0.409 e. The molecule has 7 heteroatoms. The van der Waals surface area contributed by atoms with E-state index in [0.717, 1.165) is 0 Å². The van der Waals surface area contributed by atoms with Crippen molar-refractivity contribution in [1.29, 1.82) is 5.41 Å². The average molecular weight is 258 g/mol. The van der Waals surface area contributed by atoms with E-state index in [1.807, 2.05) is 0 Å². The summed E-state index contributed by atoms with van der Waals surface area (Å²) < 4.78 is 0. The second-order valence-electron chi connectivity index (χ2n) is 3.38. The van der Waals surface area contributed by atoms with Gasteiger partial charge >= 0.3 is 0 Å². The first-order valence-corrected chi connectivity index (χ1v) is 5.27. The van der Waals surface area contributed by atoms with Gasteiger partial charge in [-0.2, -0.15) is 0 Å². The van der Waals surface area contributed by atoms with E-state index in [1.165, 1.54) is 6.20 Å². The number of hydrogen-bond acceptors (Lipinski definition) is 5. The fraction of sp³-hybridized carbons (Fsp3) is 0. The third kappa shape index (κ3) is 4.82. The summed E-state index contributed by atoms with van der Waals surface area (Å²) in [4.78, 5) is 7.57. The average Bonchev–Trinajstić information content (AvgIpc) is 2.49. The minimum absolute atomic E-state index is 0.0584. The summed E-state index contributed by atoms with van der Waals surface area (Å²) in [6, 6.07) is 6.92. The molecule has 7 nitrogen and oxygen atoms in total. The molecule has 0 aliphatic rings. The topological polar surface area (TPSA) is 134 Å². The van der Waals surface area contributed by atoms with Gasteiger partial charge in [-0.15, -0.1) is 0 Å². The molecular formula is C12H14N6O. The maximum atomic E-state index is 8.22. The molecule has 98 valence electrons. The van der Waals surface area contributed by atoms with Gasteiger partial charge in [-0.25, -0.2) is 0 Å². The Bertz CT molecular complexity index is 541. The van der Waals surface area contributed by atoms with Crippen molar-refractivity contribution in [3.63, 3.8) is 0 Å². The number of rotatable bonds is 2. The Hall–Kier alpha value is -2.96. The Morgan fingerprint density at radius 2 is 1.58 bits per heavy atom. The Balaban J connectivity index is 0.000000191. The first kappa shape index (κ1) is 14.1. The third-order valence-corrected chi connectivity index (χ3v) is 2.04. The lowest BCUT2D eigenvalue weighted by molar-refractivity contribution is 0.318. The molecule has 6 N–H and O–H groups in total. The zero-order valence-corrected chi connectivity index (χ0v) is 10.1. The Labute approximate surface area is 110 Å². The molecule has 0 amide bonds. The molecule has 0 aliphatic heterocycles. The summed E-state index contributed by atoms with van der Waals surface area (Å²) in [6.07, 6.45) is 6.35. The van der Waals surface area contributed by atoms with Gasteiger partial charge in [0.25, 0.3) is 0 Å². The molecule has 0 fully saturated rings. The predicted molar refractivity (Wildman–Crippen MR) is 72.0 cm³/mol. The van der Waals surface area contributed by atoms with Crippen LogP contribution in [0.5, 0.6) is 0 Å². The van der Waals surface area contributed by atoms with Gasteiger partial charge in [0, 0.05) is 35.9 Å². The lowest BCUT2D eigenvalue weighted by Crippen LogP contribution is -2.12. The molecule has 0 saturated carbocycles. The van der Waals surface area contributed by atoms with Crippen LogP contribution in [0.1, 0.15) is 11.1 Å². The fourth-order valence-corrected chi connectivity index (χ4v) is 1.09. The SMILES string of the molecule is N=C(N)c1cccnc1.NC(=NO)c1cccnc1. The van der Waals surface area contributed by atoms with Crippen molar-refractivity contribution in [2.45, 2.75) is 0 Å². The number of amidine groups is 2. The number of hydrogen-bond donors (Lipinski definition) is 4. The smallest absolute Gasteiger partial charge is 0.171 e. The van der Waals surface area contributed by atoms with Crippen molar-refractivity contribution in [1.82, 2.24) is 9.97 Å². The van der Waals surface area contributed by atoms with Crippen molar-refractivity contribution >= 4 is 11.7 Å². The van der Waals surface area contributed by atoms with Crippen molar-refractivity contribution in [3.05, 3.63) is 60.2 Å². The highest BCUT2D eigenvalue weighted by Crippen LogP contribution is 1.93. The van der Waals surface area contributed by atoms with Gasteiger partial charge in [0.2, 0.25) is 0 Å². The third-order valence-electron chi connectivity index (χ3n) is 2.04. The number of aromatic nitrogens is 2. The van der Waals surface area contributed by atoms with E-state index in [4.69, 9.17) is 22.1 Å². The molecule has 19 heavy (non-hydrogen) atoms. The van der Waals surface area contributed by atoms with Gasteiger partial charge < -0.3 is 16.7 Å². The van der Waals surface area contributed by atoms with Gasteiger partial charge in [-0.05, 0) is 24.3 Å². The Morgan fingerprint density at radius 3 is 1.89 bits per heavy atom. The summed E-state index contributed by atoms with van der Waals surface area (Å²) in [5.74, 6) is 0.135. The van der Waals surface area contributed by atoms with Gasteiger partial charge in [0.05, 0.1) is 0 Å². The number of nitrogen functional groups attached to an aromatic ring is 1. The number of nitrogens with one attached hydrogen (secondary N) is 1. The molecule has 2 rings (SSSR count). The molecule has 0 unspecified atom stereocenters. The van der Waals surface area contributed by atoms with Crippen molar-refractivity contribution in [2.24, 2.45) is 16.6 Å². The first-order valence-electron chi connectivity index (χ1n) is 5.27. The van der Waals surface area contributed by atoms with E-state index in [-0.39, 0.29) is 11.7 Å². The van der Waals surface area contributed by atoms with Crippen LogP contribution in [0, 0.1) is 5.41 Å². The number of nitrogens with two attached hydrogens (primary N) is 2. The quantitative estimate of drug-likeness (QED) is 0.270. The van der Waals surface area contributed by atoms with E-state index >= 15 is 0 Å². The van der Waals surface area contributed by atoms with Gasteiger partial charge in [0.1, 0.15) is 5.84 Å². The molecule has 0 saturated heterocycles. The second kappa shape index (κ2) is 7.38. The standard InChI is InChI=1S/C6H7N3O.C6H7N3/c7-6(9-10)5-2-1-3-8-4-5;7-6(8)5-2-1-3-9-4-5/h1-4,10H,(H2,7,9);1-4H,(H3,7,8). The first-order chi connectivity index (χ1) is 9.15.